The van der Waals surface area contributed by atoms with Gasteiger partial charge in [0.2, 0.25) is 0 Å². The van der Waals surface area contributed by atoms with Gasteiger partial charge in [-0.05, 0) is 37.1 Å². The number of nitrogens with zero attached hydrogens (tertiary/aromatic N) is 2. The lowest BCUT2D eigenvalue weighted by atomic mass is 10.1. The van der Waals surface area contributed by atoms with E-state index in [9.17, 15) is 9.59 Å². The maximum Gasteiger partial charge on any atom is 0.271 e. The summed E-state index contributed by atoms with van der Waals surface area (Å²) in [6.07, 6.45) is 1.91. The summed E-state index contributed by atoms with van der Waals surface area (Å²) < 4.78 is 0.454. The highest BCUT2D eigenvalue weighted by Gasteiger charge is 2.42. The minimum Gasteiger partial charge on any atom is -0.308 e. The van der Waals surface area contributed by atoms with E-state index in [1.807, 2.05) is 55.5 Å². The van der Waals surface area contributed by atoms with Crippen LogP contribution >= 0.6 is 24.0 Å². The van der Waals surface area contributed by atoms with Gasteiger partial charge in [0.05, 0.1) is 21.9 Å². The molecule has 0 radical (unpaired) electrons. The predicted molar refractivity (Wildman–Crippen MR) is 119 cm³/mol. The maximum absolute atomic E-state index is 13.3. The Morgan fingerprint density at radius 1 is 1.04 bits per heavy atom. The standard InChI is InChI=1S/C22H20N2O2S2/c1-3-4-12-23-17-11-6-5-10-16(17)18(20(23)25)19-21(26)24(22(27)28-19)15-9-7-8-14(2)13-15/h5-11,13H,3-4,12H2,1-2H3. The molecule has 28 heavy (non-hydrogen) atoms. The molecule has 2 aromatic rings. The summed E-state index contributed by atoms with van der Waals surface area (Å²) in [5, 5.41) is 0. The van der Waals surface area contributed by atoms with Gasteiger partial charge in [0.25, 0.3) is 11.8 Å². The minimum atomic E-state index is -0.226. The number of rotatable bonds is 4. The molecular weight excluding hydrogens is 388 g/mol. The van der Waals surface area contributed by atoms with Crippen molar-refractivity contribution in [2.24, 2.45) is 0 Å². The van der Waals surface area contributed by atoms with Gasteiger partial charge in [-0.3, -0.25) is 14.5 Å². The van der Waals surface area contributed by atoms with Crippen molar-refractivity contribution < 1.29 is 9.59 Å². The maximum atomic E-state index is 13.3. The van der Waals surface area contributed by atoms with Crippen molar-refractivity contribution in [2.45, 2.75) is 26.7 Å². The normalized spacial score (nSPS) is 19.0. The zero-order valence-electron chi connectivity index (χ0n) is 15.8. The van der Waals surface area contributed by atoms with Crippen LogP contribution in [0.15, 0.2) is 53.4 Å². The van der Waals surface area contributed by atoms with Crippen molar-refractivity contribution in [1.29, 1.82) is 0 Å². The number of para-hydroxylation sites is 1. The number of fused-ring (bicyclic) bond motifs is 1. The highest BCUT2D eigenvalue weighted by Crippen LogP contribution is 2.45. The molecule has 0 aromatic heterocycles. The second kappa shape index (κ2) is 7.53. The number of unbranched alkanes of at least 4 members (excludes halogenated alkanes) is 1. The molecule has 2 aromatic carbocycles. The summed E-state index contributed by atoms with van der Waals surface area (Å²) in [5.74, 6) is -0.338. The first-order chi connectivity index (χ1) is 13.5. The van der Waals surface area contributed by atoms with Crippen LogP contribution in [0.4, 0.5) is 11.4 Å². The Morgan fingerprint density at radius 3 is 2.57 bits per heavy atom. The van der Waals surface area contributed by atoms with Gasteiger partial charge in [-0.2, -0.15) is 0 Å². The van der Waals surface area contributed by atoms with Gasteiger partial charge in [-0.15, -0.1) is 0 Å². The Kier molecular flexibility index (Phi) is 5.08. The van der Waals surface area contributed by atoms with Gasteiger partial charge in [-0.1, -0.05) is 67.7 Å². The molecule has 0 atom stereocenters. The van der Waals surface area contributed by atoms with Gasteiger partial charge in [-0.25, -0.2) is 0 Å². The second-order valence-electron chi connectivity index (χ2n) is 6.88. The van der Waals surface area contributed by atoms with E-state index in [1.54, 1.807) is 4.90 Å². The molecule has 0 spiro atoms. The van der Waals surface area contributed by atoms with Gasteiger partial charge in [0, 0.05) is 12.1 Å². The molecule has 4 nitrogen and oxygen atoms in total. The molecular formula is C22H20N2O2S2. The molecule has 0 aliphatic carbocycles. The Balaban J connectivity index is 1.80. The largest absolute Gasteiger partial charge is 0.308 e. The molecule has 2 aliphatic rings. The van der Waals surface area contributed by atoms with Gasteiger partial charge < -0.3 is 4.90 Å². The van der Waals surface area contributed by atoms with Crippen LogP contribution in [0.5, 0.6) is 0 Å². The monoisotopic (exact) mass is 408 g/mol. The molecule has 142 valence electrons. The van der Waals surface area contributed by atoms with Crippen molar-refractivity contribution >= 4 is 57.1 Å². The van der Waals surface area contributed by atoms with E-state index in [1.165, 1.54) is 16.7 Å². The molecule has 0 saturated carbocycles. The number of amides is 2. The van der Waals surface area contributed by atoms with Crippen LogP contribution in [0.25, 0.3) is 5.57 Å². The predicted octanol–water partition coefficient (Wildman–Crippen LogP) is 4.92. The van der Waals surface area contributed by atoms with Crippen molar-refractivity contribution in [3.05, 3.63) is 64.6 Å². The molecule has 2 heterocycles. The van der Waals surface area contributed by atoms with E-state index < -0.39 is 0 Å². The third kappa shape index (κ3) is 3.06. The minimum absolute atomic E-state index is 0.112. The number of thiocarbonyl (C=S) groups is 1. The molecule has 4 rings (SSSR count). The number of aryl methyl sites for hydroxylation is 1. The lowest BCUT2D eigenvalue weighted by molar-refractivity contribution is -0.115. The van der Waals surface area contributed by atoms with E-state index in [4.69, 9.17) is 12.2 Å². The number of anilines is 2. The van der Waals surface area contributed by atoms with E-state index in [-0.39, 0.29) is 11.8 Å². The highest BCUT2D eigenvalue weighted by molar-refractivity contribution is 8.27. The van der Waals surface area contributed by atoms with E-state index in [2.05, 4.69) is 6.92 Å². The fraction of sp³-hybridized carbons (Fsp3) is 0.227. The highest BCUT2D eigenvalue weighted by atomic mass is 32.2. The molecule has 6 heteroatoms. The third-order valence-electron chi connectivity index (χ3n) is 4.91. The lowest BCUT2D eigenvalue weighted by Gasteiger charge is -2.16. The Hall–Kier alpha value is -2.44. The quantitative estimate of drug-likeness (QED) is 0.532. The number of carbonyl (C=O) groups excluding carboxylic acids is 2. The summed E-state index contributed by atoms with van der Waals surface area (Å²) in [7, 11) is 0. The summed E-state index contributed by atoms with van der Waals surface area (Å²) in [5.41, 5.74) is 3.94. The smallest absolute Gasteiger partial charge is 0.271 e. The van der Waals surface area contributed by atoms with Crippen LogP contribution in [-0.4, -0.2) is 22.7 Å². The average Bonchev–Trinajstić information content (AvgIpc) is 3.12. The number of thioether (sulfide) groups is 1. The van der Waals surface area contributed by atoms with Crippen molar-refractivity contribution in [3.8, 4) is 0 Å². The fourth-order valence-corrected chi connectivity index (χ4v) is 4.92. The third-order valence-corrected chi connectivity index (χ3v) is 6.29. The molecule has 0 bridgehead atoms. The van der Waals surface area contributed by atoms with Crippen LogP contribution in [-0.2, 0) is 9.59 Å². The van der Waals surface area contributed by atoms with Crippen LogP contribution in [0.3, 0.4) is 0 Å². The first-order valence-electron chi connectivity index (χ1n) is 9.31. The van der Waals surface area contributed by atoms with Crippen LogP contribution in [0.2, 0.25) is 0 Å². The Bertz CT molecular complexity index is 1030. The van der Waals surface area contributed by atoms with Gasteiger partial charge >= 0.3 is 0 Å². The number of hydrogen-bond acceptors (Lipinski definition) is 4. The molecule has 1 saturated heterocycles. The van der Waals surface area contributed by atoms with E-state index >= 15 is 0 Å². The summed E-state index contributed by atoms with van der Waals surface area (Å²) in [4.78, 5) is 30.3. The number of hydrogen-bond donors (Lipinski definition) is 0. The van der Waals surface area contributed by atoms with E-state index in [0.717, 1.165) is 35.3 Å². The summed E-state index contributed by atoms with van der Waals surface area (Å²) >= 11 is 6.71. The number of benzene rings is 2. The molecule has 1 fully saturated rings. The van der Waals surface area contributed by atoms with Crippen molar-refractivity contribution in [2.75, 3.05) is 16.3 Å². The SMILES string of the molecule is CCCCN1C(=O)C(=C2SC(=S)N(c3cccc(C)c3)C2=O)c2ccccc21. The summed E-state index contributed by atoms with van der Waals surface area (Å²) in [6, 6.07) is 15.3. The average molecular weight is 409 g/mol. The first-order valence-corrected chi connectivity index (χ1v) is 10.5. The van der Waals surface area contributed by atoms with Crippen LogP contribution in [0.1, 0.15) is 30.9 Å². The number of carbonyl (C=O) groups is 2. The van der Waals surface area contributed by atoms with Crippen LogP contribution in [0, 0.1) is 6.92 Å². The molecule has 2 amide bonds. The Labute approximate surface area is 174 Å². The van der Waals surface area contributed by atoms with Gasteiger partial charge in [0.15, 0.2) is 4.32 Å². The fourth-order valence-electron chi connectivity index (χ4n) is 3.55. The zero-order chi connectivity index (χ0) is 19.8. The molecule has 0 unspecified atom stereocenters. The first kappa shape index (κ1) is 18.9. The molecule has 2 aliphatic heterocycles. The lowest BCUT2D eigenvalue weighted by Crippen LogP contribution is -2.29. The topological polar surface area (TPSA) is 40.6 Å². The second-order valence-corrected chi connectivity index (χ2v) is 8.52. The van der Waals surface area contributed by atoms with Crippen LogP contribution < -0.4 is 9.80 Å². The zero-order valence-corrected chi connectivity index (χ0v) is 17.4. The van der Waals surface area contributed by atoms with E-state index in [0.29, 0.717) is 21.3 Å². The molecule has 0 N–H and O–H groups in total. The van der Waals surface area contributed by atoms with Crippen molar-refractivity contribution in [3.63, 3.8) is 0 Å². The summed E-state index contributed by atoms with van der Waals surface area (Å²) in [6.45, 7) is 4.72. The Morgan fingerprint density at radius 2 is 1.82 bits per heavy atom. The van der Waals surface area contributed by atoms with Crippen molar-refractivity contribution in [1.82, 2.24) is 0 Å². The van der Waals surface area contributed by atoms with Gasteiger partial charge in [0.1, 0.15) is 0 Å².